The summed E-state index contributed by atoms with van der Waals surface area (Å²) in [6.07, 6.45) is 0. The average Bonchev–Trinajstić information content (AvgIpc) is 3.08. The lowest BCUT2D eigenvalue weighted by Crippen LogP contribution is -2.43. The van der Waals surface area contributed by atoms with Crippen molar-refractivity contribution in [2.75, 3.05) is 11.9 Å². The quantitative estimate of drug-likeness (QED) is 0.245. The van der Waals surface area contributed by atoms with E-state index in [-0.39, 0.29) is 11.5 Å². The van der Waals surface area contributed by atoms with Crippen LogP contribution in [0.3, 0.4) is 0 Å². The molecule has 0 spiro atoms. The molecule has 0 radical (unpaired) electrons. The van der Waals surface area contributed by atoms with E-state index in [0.717, 1.165) is 0 Å². The Hall–Kier alpha value is -3.58. The van der Waals surface area contributed by atoms with E-state index in [0.29, 0.717) is 0 Å². The van der Waals surface area contributed by atoms with Crippen molar-refractivity contribution in [3.05, 3.63) is 114 Å². The first-order chi connectivity index (χ1) is 15.2. The van der Waals surface area contributed by atoms with Crippen LogP contribution in [-0.2, 0) is 5.54 Å². The third-order valence-corrected chi connectivity index (χ3v) is 7.86. The highest BCUT2D eigenvalue weighted by Crippen LogP contribution is 2.63. The number of rotatable bonds is 0. The van der Waals surface area contributed by atoms with Crippen molar-refractivity contribution < 1.29 is 0 Å². The van der Waals surface area contributed by atoms with Crippen molar-refractivity contribution in [2.24, 2.45) is 0 Å². The van der Waals surface area contributed by atoms with Gasteiger partial charge in [0.15, 0.2) is 0 Å². The Labute approximate surface area is 182 Å². The molecule has 5 aromatic rings. The van der Waals surface area contributed by atoms with Gasteiger partial charge in [-0.1, -0.05) is 97.1 Å². The van der Waals surface area contributed by atoms with Crippen molar-refractivity contribution in [3.8, 4) is 11.1 Å². The minimum absolute atomic E-state index is 0.139. The molecule has 1 nitrogen and oxygen atoms in total. The summed E-state index contributed by atoms with van der Waals surface area (Å²) in [5.41, 5.74) is 8.32. The Morgan fingerprint density at radius 1 is 0.613 bits per heavy atom. The van der Waals surface area contributed by atoms with Crippen molar-refractivity contribution in [1.29, 1.82) is 0 Å². The molecule has 5 aromatic carbocycles. The first-order valence-corrected chi connectivity index (χ1v) is 11.1. The molecule has 1 heteroatoms. The molecule has 1 aliphatic carbocycles. The summed E-state index contributed by atoms with van der Waals surface area (Å²) < 4.78 is 0. The Morgan fingerprint density at radius 2 is 1.16 bits per heavy atom. The van der Waals surface area contributed by atoms with E-state index in [2.05, 4.69) is 116 Å². The van der Waals surface area contributed by atoms with Crippen LogP contribution >= 0.6 is 0 Å². The van der Waals surface area contributed by atoms with Gasteiger partial charge in [-0.25, -0.2) is 0 Å². The van der Waals surface area contributed by atoms with Gasteiger partial charge < -0.3 is 4.90 Å². The number of benzene rings is 5. The van der Waals surface area contributed by atoms with Crippen LogP contribution in [0.15, 0.2) is 97.1 Å². The molecule has 1 heterocycles. The number of anilines is 1. The summed E-state index contributed by atoms with van der Waals surface area (Å²) >= 11 is 0. The highest BCUT2D eigenvalue weighted by Gasteiger charge is 2.53. The van der Waals surface area contributed by atoms with Crippen LogP contribution in [0.25, 0.3) is 32.7 Å². The van der Waals surface area contributed by atoms with Crippen molar-refractivity contribution >= 4 is 27.2 Å². The number of hydrogen-bond donors (Lipinski definition) is 0. The van der Waals surface area contributed by atoms with Gasteiger partial charge in [0.2, 0.25) is 0 Å². The van der Waals surface area contributed by atoms with Crippen LogP contribution in [0, 0.1) is 0 Å². The fourth-order valence-electron chi connectivity index (χ4n) is 6.46. The van der Waals surface area contributed by atoms with Gasteiger partial charge >= 0.3 is 0 Å². The van der Waals surface area contributed by atoms with Crippen LogP contribution in [0.5, 0.6) is 0 Å². The maximum absolute atomic E-state index is 2.57. The molecule has 0 amide bonds. The maximum Gasteiger partial charge on any atom is 0.0738 e. The zero-order valence-electron chi connectivity index (χ0n) is 17.8. The molecule has 0 saturated carbocycles. The Kier molecular flexibility index (Phi) is 3.19. The minimum Gasteiger partial charge on any atom is -0.363 e. The van der Waals surface area contributed by atoms with Crippen molar-refractivity contribution in [2.45, 2.75) is 18.4 Å². The SMILES string of the molecule is CN1c2c(c3ccccc3c3ccccc23)C2c3ccccc3-c3ccccc3C21C. The van der Waals surface area contributed by atoms with Crippen molar-refractivity contribution in [1.82, 2.24) is 0 Å². The Morgan fingerprint density at radius 3 is 1.94 bits per heavy atom. The summed E-state index contributed by atoms with van der Waals surface area (Å²) in [4.78, 5) is 2.57. The van der Waals surface area contributed by atoms with Gasteiger partial charge in [-0.3, -0.25) is 0 Å². The molecular formula is C30H23N. The van der Waals surface area contributed by atoms with Gasteiger partial charge in [0.05, 0.1) is 5.54 Å². The second-order valence-corrected chi connectivity index (χ2v) is 9.13. The van der Waals surface area contributed by atoms with Gasteiger partial charge in [-0.15, -0.1) is 0 Å². The van der Waals surface area contributed by atoms with Crippen LogP contribution in [-0.4, -0.2) is 7.05 Å². The molecule has 0 aromatic heterocycles. The topological polar surface area (TPSA) is 3.24 Å². The number of nitrogens with zero attached hydrogens (tertiary/aromatic N) is 1. The molecular weight excluding hydrogens is 374 g/mol. The summed E-state index contributed by atoms with van der Waals surface area (Å²) in [7, 11) is 2.30. The summed E-state index contributed by atoms with van der Waals surface area (Å²) in [5, 5.41) is 5.42. The van der Waals surface area contributed by atoms with E-state index in [9.17, 15) is 0 Å². The number of likely N-dealkylation sites (N-methyl/N-ethyl adjacent to an activating group) is 1. The first-order valence-electron chi connectivity index (χ1n) is 11.1. The predicted molar refractivity (Wildman–Crippen MR) is 131 cm³/mol. The highest BCUT2D eigenvalue weighted by atomic mass is 15.2. The van der Waals surface area contributed by atoms with E-state index < -0.39 is 0 Å². The third-order valence-electron chi connectivity index (χ3n) is 7.86. The summed E-state index contributed by atoms with van der Waals surface area (Å²) in [5.74, 6) is 0.285. The first kappa shape index (κ1) is 17.1. The predicted octanol–water partition coefficient (Wildman–Crippen LogP) is 7.47. The fraction of sp³-hybridized carbons (Fsp3) is 0.133. The highest BCUT2D eigenvalue weighted by molar-refractivity contribution is 6.17. The molecule has 2 aliphatic rings. The van der Waals surface area contributed by atoms with E-state index in [4.69, 9.17) is 0 Å². The molecule has 31 heavy (non-hydrogen) atoms. The molecule has 7 rings (SSSR count). The van der Waals surface area contributed by atoms with Crippen LogP contribution in [0.2, 0.25) is 0 Å². The third kappa shape index (κ3) is 1.93. The van der Waals surface area contributed by atoms with E-state index in [1.54, 1.807) is 0 Å². The Balaban J connectivity index is 1.72. The standard InChI is InChI=1S/C30H23N/c1-30-26-18-10-9-14-22(26)21-13-4-7-16-24(21)28(30)27-23-15-6-3-11-19(23)20-12-5-8-17-25(20)29(27)31(30)2/h3-18,28H,1-2H3. The largest absolute Gasteiger partial charge is 0.363 e. The lowest BCUT2D eigenvalue weighted by molar-refractivity contribution is 0.436. The molecule has 0 fully saturated rings. The second kappa shape index (κ2) is 5.76. The molecule has 2 unspecified atom stereocenters. The van der Waals surface area contributed by atoms with Gasteiger partial charge in [0.25, 0.3) is 0 Å². The summed E-state index contributed by atoms with van der Waals surface area (Å²) in [6.45, 7) is 2.44. The maximum atomic E-state index is 2.57. The van der Waals surface area contributed by atoms with Gasteiger partial charge in [-0.05, 0) is 50.9 Å². The number of fused-ring (bicyclic) bond motifs is 13. The number of hydrogen-bond acceptors (Lipinski definition) is 1. The Bertz CT molecular complexity index is 1530. The van der Waals surface area contributed by atoms with Crippen LogP contribution < -0.4 is 4.90 Å². The van der Waals surface area contributed by atoms with Gasteiger partial charge in [0, 0.05) is 24.0 Å². The average molecular weight is 398 g/mol. The minimum atomic E-state index is -0.139. The van der Waals surface area contributed by atoms with Crippen molar-refractivity contribution in [3.63, 3.8) is 0 Å². The van der Waals surface area contributed by atoms with Crippen LogP contribution in [0.1, 0.15) is 29.5 Å². The zero-order valence-corrected chi connectivity index (χ0v) is 17.8. The molecule has 1 aliphatic heterocycles. The molecule has 0 bridgehead atoms. The molecule has 0 N–H and O–H groups in total. The lowest BCUT2D eigenvalue weighted by atomic mass is 9.66. The van der Waals surface area contributed by atoms with E-state index in [1.165, 1.54) is 55.0 Å². The van der Waals surface area contributed by atoms with Gasteiger partial charge in [-0.2, -0.15) is 0 Å². The molecule has 0 saturated heterocycles. The normalized spacial score (nSPS) is 21.0. The van der Waals surface area contributed by atoms with Crippen LogP contribution in [0.4, 0.5) is 5.69 Å². The lowest BCUT2D eigenvalue weighted by Gasteiger charge is -2.44. The second-order valence-electron chi connectivity index (χ2n) is 9.13. The van der Waals surface area contributed by atoms with E-state index >= 15 is 0 Å². The fourth-order valence-corrected chi connectivity index (χ4v) is 6.46. The smallest absolute Gasteiger partial charge is 0.0738 e. The molecule has 2 atom stereocenters. The molecule has 148 valence electrons. The van der Waals surface area contributed by atoms with E-state index in [1.807, 2.05) is 0 Å². The monoisotopic (exact) mass is 397 g/mol. The van der Waals surface area contributed by atoms with Gasteiger partial charge in [0.1, 0.15) is 0 Å². The summed E-state index contributed by atoms with van der Waals surface area (Å²) in [6, 6.07) is 35.9. The zero-order chi connectivity index (χ0) is 20.7.